The van der Waals surface area contributed by atoms with Gasteiger partial charge in [-0.2, -0.15) is 0 Å². The zero-order valence-electron chi connectivity index (χ0n) is 9.38. The van der Waals surface area contributed by atoms with Gasteiger partial charge in [-0.3, -0.25) is 5.21 Å². The van der Waals surface area contributed by atoms with E-state index in [1.807, 2.05) is 0 Å². The number of hydroxylamine groups is 2. The van der Waals surface area contributed by atoms with E-state index >= 15 is 0 Å². The molecule has 0 saturated carbocycles. The Bertz CT molecular complexity index is 401. The van der Waals surface area contributed by atoms with Gasteiger partial charge < -0.3 is 14.9 Å². The van der Waals surface area contributed by atoms with E-state index in [4.69, 9.17) is 20.1 Å². The van der Waals surface area contributed by atoms with E-state index < -0.39 is 12.0 Å². The smallest absolute Gasteiger partial charge is 0.374 e. The van der Waals surface area contributed by atoms with Gasteiger partial charge in [0.15, 0.2) is 0 Å². The van der Waals surface area contributed by atoms with Crippen molar-refractivity contribution in [3.8, 4) is 0 Å². The molecule has 17 heavy (non-hydrogen) atoms. The molecule has 0 aliphatic heterocycles. The molecule has 0 saturated heterocycles. The Morgan fingerprint density at radius 1 is 1.53 bits per heavy atom. The van der Waals surface area contributed by atoms with E-state index in [1.165, 1.54) is 6.07 Å². The Morgan fingerprint density at radius 2 is 2.24 bits per heavy atom. The largest absolute Gasteiger partial charge is 0.460 e. The zero-order valence-corrected chi connectivity index (χ0v) is 9.38. The monoisotopic (exact) mass is 242 g/mol. The second-order valence-electron chi connectivity index (χ2n) is 3.20. The van der Waals surface area contributed by atoms with Crippen LogP contribution in [0.3, 0.4) is 0 Å². The highest BCUT2D eigenvalue weighted by Gasteiger charge is 2.13. The minimum Gasteiger partial charge on any atom is -0.460 e. The van der Waals surface area contributed by atoms with Crippen LogP contribution in [0.25, 0.3) is 0 Å². The summed E-state index contributed by atoms with van der Waals surface area (Å²) in [5, 5.41) is 9.38. The number of carbonyl (C=O) groups excluding carboxylic acids is 2. The number of hydrogen-bond acceptors (Lipinski definition) is 5. The van der Waals surface area contributed by atoms with Crippen LogP contribution in [0.2, 0.25) is 0 Å². The summed E-state index contributed by atoms with van der Waals surface area (Å²) in [6, 6.07) is 2.10. The molecule has 3 N–H and O–H groups in total. The maximum Gasteiger partial charge on any atom is 0.374 e. The molecular weight excluding hydrogens is 228 g/mol. The number of carbonyl (C=O) groups is 2. The molecule has 0 atom stereocenters. The fourth-order valence-corrected chi connectivity index (χ4v) is 1.15. The summed E-state index contributed by atoms with van der Waals surface area (Å²) in [5.41, 5.74) is 4.83. The first-order valence-electron chi connectivity index (χ1n) is 5.06. The first kappa shape index (κ1) is 13.0. The molecule has 0 spiro atoms. The number of amides is 2. The summed E-state index contributed by atoms with van der Waals surface area (Å²) in [6.45, 7) is 1.95. The van der Waals surface area contributed by atoms with Gasteiger partial charge in [-0.1, -0.05) is 0 Å². The highest BCUT2D eigenvalue weighted by Crippen LogP contribution is 2.10. The Morgan fingerprint density at radius 3 is 2.82 bits per heavy atom. The lowest BCUT2D eigenvalue weighted by Gasteiger charge is -2.09. The maximum absolute atomic E-state index is 11.3. The van der Waals surface area contributed by atoms with Crippen LogP contribution in [0.1, 0.15) is 23.2 Å². The standard InChI is InChI=1S/C10H14N2O5/c1-2-16-9(13)8-4-3-7(17-8)5-6-12(15)10(11)14/h3-4,15H,2,5-6H2,1H3,(H2,11,14). The summed E-state index contributed by atoms with van der Waals surface area (Å²) in [5.74, 6) is -0.00623. The molecule has 2 amide bonds. The number of esters is 1. The zero-order chi connectivity index (χ0) is 12.8. The Labute approximate surface area is 97.7 Å². The predicted octanol–water partition coefficient (Wildman–Crippen LogP) is 0.769. The van der Waals surface area contributed by atoms with Crippen molar-refractivity contribution in [2.24, 2.45) is 5.73 Å². The third kappa shape index (κ3) is 3.80. The van der Waals surface area contributed by atoms with Crippen molar-refractivity contribution >= 4 is 12.0 Å². The van der Waals surface area contributed by atoms with Crippen LogP contribution in [0.4, 0.5) is 4.79 Å². The lowest BCUT2D eigenvalue weighted by Crippen LogP contribution is -2.34. The lowest BCUT2D eigenvalue weighted by atomic mass is 10.3. The van der Waals surface area contributed by atoms with Gasteiger partial charge in [0.2, 0.25) is 5.76 Å². The van der Waals surface area contributed by atoms with Crippen molar-refractivity contribution in [2.45, 2.75) is 13.3 Å². The summed E-state index contributed by atoms with van der Waals surface area (Å²) in [4.78, 5) is 21.8. The van der Waals surface area contributed by atoms with Crippen molar-refractivity contribution in [1.29, 1.82) is 0 Å². The predicted molar refractivity (Wildman–Crippen MR) is 56.4 cm³/mol. The second kappa shape index (κ2) is 5.90. The molecule has 7 heteroatoms. The van der Waals surface area contributed by atoms with Crippen molar-refractivity contribution < 1.29 is 24.0 Å². The molecule has 0 fully saturated rings. The number of rotatable bonds is 5. The Kier molecular flexibility index (Phi) is 4.53. The molecule has 0 aliphatic carbocycles. The van der Waals surface area contributed by atoms with Gasteiger partial charge in [-0.05, 0) is 19.1 Å². The number of furan rings is 1. The molecule has 1 aromatic rings. The summed E-state index contributed by atoms with van der Waals surface area (Å²) in [7, 11) is 0. The first-order chi connectivity index (χ1) is 8.04. The molecular formula is C10H14N2O5. The fourth-order valence-electron chi connectivity index (χ4n) is 1.15. The van der Waals surface area contributed by atoms with E-state index in [1.54, 1.807) is 13.0 Å². The van der Waals surface area contributed by atoms with Crippen molar-refractivity contribution in [3.05, 3.63) is 23.7 Å². The van der Waals surface area contributed by atoms with E-state index in [0.29, 0.717) is 10.8 Å². The topological polar surface area (TPSA) is 106 Å². The molecule has 94 valence electrons. The third-order valence-corrected chi connectivity index (χ3v) is 1.96. The normalized spacial score (nSPS) is 10.0. The average Bonchev–Trinajstić information content (AvgIpc) is 2.74. The molecule has 0 bridgehead atoms. The summed E-state index contributed by atoms with van der Waals surface area (Å²) < 4.78 is 9.90. The maximum atomic E-state index is 11.3. The quantitative estimate of drug-likeness (QED) is 0.450. The van der Waals surface area contributed by atoms with Gasteiger partial charge in [0.1, 0.15) is 5.76 Å². The SMILES string of the molecule is CCOC(=O)c1ccc(CCN(O)C(N)=O)o1. The lowest BCUT2D eigenvalue weighted by molar-refractivity contribution is -0.0390. The van der Waals surface area contributed by atoms with Gasteiger partial charge in [-0.15, -0.1) is 0 Å². The van der Waals surface area contributed by atoms with E-state index in [9.17, 15) is 9.59 Å². The van der Waals surface area contributed by atoms with E-state index in [-0.39, 0.29) is 25.3 Å². The van der Waals surface area contributed by atoms with Crippen molar-refractivity contribution in [1.82, 2.24) is 5.06 Å². The van der Waals surface area contributed by atoms with Crippen LogP contribution in [0.15, 0.2) is 16.5 Å². The number of hydrogen-bond donors (Lipinski definition) is 2. The fraction of sp³-hybridized carbons (Fsp3) is 0.400. The van der Waals surface area contributed by atoms with Crippen LogP contribution in [0.5, 0.6) is 0 Å². The number of nitrogens with zero attached hydrogens (tertiary/aromatic N) is 1. The van der Waals surface area contributed by atoms with Gasteiger partial charge in [0.05, 0.1) is 13.2 Å². The molecule has 7 nitrogen and oxygen atoms in total. The van der Waals surface area contributed by atoms with Crippen LogP contribution in [0, 0.1) is 0 Å². The third-order valence-electron chi connectivity index (χ3n) is 1.96. The van der Waals surface area contributed by atoms with Crippen LogP contribution < -0.4 is 5.73 Å². The molecule has 0 unspecified atom stereocenters. The molecule has 0 aromatic carbocycles. The highest BCUT2D eigenvalue weighted by molar-refractivity contribution is 5.86. The molecule has 1 rings (SSSR count). The van der Waals surface area contributed by atoms with E-state index in [2.05, 4.69) is 0 Å². The number of ether oxygens (including phenoxy) is 1. The van der Waals surface area contributed by atoms with Crippen molar-refractivity contribution in [3.63, 3.8) is 0 Å². The molecule has 0 aliphatic rings. The van der Waals surface area contributed by atoms with Gasteiger partial charge in [0, 0.05) is 6.42 Å². The summed E-state index contributed by atoms with van der Waals surface area (Å²) >= 11 is 0. The Balaban J connectivity index is 2.51. The number of urea groups is 1. The second-order valence-corrected chi connectivity index (χ2v) is 3.20. The molecule has 1 heterocycles. The first-order valence-corrected chi connectivity index (χ1v) is 5.06. The van der Waals surface area contributed by atoms with Crippen molar-refractivity contribution in [2.75, 3.05) is 13.2 Å². The van der Waals surface area contributed by atoms with Gasteiger partial charge in [-0.25, -0.2) is 14.7 Å². The number of nitrogens with two attached hydrogens (primary N) is 1. The molecule has 1 aromatic heterocycles. The average molecular weight is 242 g/mol. The highest BCUT2D eigenvalue weighted by atomic mass is 16.5. The van der Waals surface area contributed by atoms with Crippen LogP contribution in [-0.2, 0) is 11.2 Å². The van der Waals surface area contributed by atoms with Crippen LogP contribution in [-0.4, -0.2) is 35.4 Å². The number of primary amides is 1. The van der Waals surface area contributed by atoms with Gasteiger partial charge in [0.25, 0.3) is 0 Å². The minimum atomic E-state index is -0.942. The van der Waals surface area contributed by atoms with Gasteiger partial charge >= 0.3 is 12.0 Å². The van der Waals surface area contributed by atoms with E-state index in [0.717, 1.165) is 0 Å². The summed E-state index contributed by atoms with van der Waals surface area (Å²) in [6.07, 6.45) is 0.249. The van der Waals surface area contributed by atoms with Crippen LogP contribution >= 0.6 is 0 Å². The molecule has 0 radical (unpaired) electrons. The Hall–Kier alpha value is -2.02. The minimum absolute atomic E-state index is 0.00882.